The van der Waals surface area contributed by atoms with Crippen LogP contribution in [-0.4, -0.2) is 46.1 Å². The Hall–Kier alpha value is -2.50. The van der Waals surface area contributed by atoms with E-state index in [-0.39, 0.29) is 23.1 Å². The highest BCUT2D eigenvalue weighted by Gasteiger charge is 2.36. The number of anilines is 1. The molecule has 2 aromatic heterocycles. The molecule has 3 amide bonds. The quantitative estimate of drug-likeness (QED) is 0.524. The molecule has 0 aliphatic carbocycles. The smallest absolute Gasteiger partial charge is 0.311 e. The second-order valence-electron chi connectivity index (χ2n) is 5.46. The maximum Gasteiger partial charge on any atom is 0.311 e. The van der Waals surface area contributed by atoms with Crippen LogP contribution in [0.5, 0.6) is 0 Å². The van der Waals surface area contributed by atoms with Crippen molar-refractivity contribution in [3.63, 3.8) is 0 Å². The monoisotopic (exact) mass is 437 g/mol. The van der Waals surface area contributed by atoms with Gasteiger partial charge in [0.15, 0.2) is 5.13 Å². The first-order valence-electron chi connectivity index (χ1n) is 8.15. The van der Waals surface area contributed by atoms with Crippen molar-refractivity contribution in [2.24, 2.45) is 0 Å². The van der Waals surface area contributed by atoms with E-state index in [1.165, 1.54) is 11.3 Å². The first kappa shape index (κ1) is 20.2. The van der Waals surface area contributed by atoms with E-state index in [1.54, 1.807) is 18.4 Å². The van der Waals surface area contributed by atoms with E-state index in [1.807, 2.05) is 17.5 Å². The van der Waals surface area contributed by atoms with Crippen LogP contribution in [0.4, 0.5) is 9.93 Å². The van der Waals surface area contributed by atoms with Crippen LogP contribution in [0.3, 0.4) is 0 Å². The number of nitrogens with one attached hydrogen (secondary N) is 1. The van der Waals surface area contributed by atoms with E-state index < -0.39 is 29.6 Å². The van der Waals surface area contributed by atoms with Gasteiger partial charge in [0.1, 0.15) is 6.54 Å². The van der Waals surface area contributed by atoms with Gasteiger partial charge in [0.05, 0.1) is 23.6 Å². The van der Waals surface area contributed by atoms with E-state index in [0.717, 1.165) is 32.9 Å². The third kappa shape index (κ3) is 5.06. The minimum atomic E-state index is -0.545. The summed E-state index contributed by atoms with van der Waals surface area (Å²) in [5, 5.41) is 5.83. The van der Waals surface area contributed by atoms with Gasteiger partial charge in [0.2, 0.25) is 5.91 Å². The SMILES string of the molecule is CCOC(=O)Cc1csc(NC(=O)CN2C(=O)SC(=Cc3cccs3)C2=O)n1. The summed E-state index contributed by atoms with van der Waals surface area (Å²) in [4.78, 5) is 54.3. The summed E-state index contributed by atoms with van der Waals surface area (Å²) >= 11 is 3.40. The van der Waals surface area contributed by atoms with Crippen molar-refractivity contribution in [2.45, 2.75) is 13.3 Å². The Kier molecular flexibility index (Phi) is 6.60. The summed E-state index contributed by atoms with van der Waals surface area (Å²) in [6.45, 7) is 1.59. The molecule has 0 radical (unpaired) electrons. The topological polar surface area (TPSA) is 106 Å². The van der Waals surface area contributed by atoms with Gasteiger partial charge in [0, 0.05) is 10.3 Å². The lowest BCUT2D eigenvalue weighted by Gasteiger charge is -2.11. The molecule has 0 unspecified atom stereocenters. The van der Waals surface area contributed by atoms with E-state index >= 15 is 0 Å². The molecule has 0 aromatic carbocycles. The van der Waals surface area contributed by atoms with Crippen molar-refractivity contribution in [2.75, 3.05) is 18.5 Å². The van der Waals surface area contributed by atoms with Gasteiger partial charge < -0.3 is 10.1 Å². The Bertz CT molecular complexity index is 936. The fraction of sp³-hybridized carbons (Fsp3) is 0.235. The Morgan fingerprint density at radius 3 is 2.86 bits per heavy atom. The third-order valence-corrected chi connectivity index (χ3v) is 5.95. The highest BCUT2D eigenvalue weighted by Crippen LogP contribution is 2.32. The third-order valence-electron chi connectivity index (χ3n) is 3.42. The lowest BCUT2D eigenvalue weighted by atomic mass is 10.3. The molecule has 28 heavy (non-hydrogen) atoms. The highest BCUT2D eigenvalue weighted by atomic mass is 32.2. The van der Waals surface area contributed by atoms with Gasteiger partial charge in [-0.2, -0.15) is 0 Å². The molecule has 3 heterocycles. The van der Waals surface area contributed by atoms with Gasteiger partial charge >= 0.3 is 5.97 Å². The van der Waals surface area contributed by atoms with Gasteiger partial charge in [-0.25, -0.2) is 4.98 Å². The summed E-state index contributed by atoms with van der Waals surface area (Å²) in [6.07, 6.45) is 1.65. The number of imide groups is 1. The molecular weight excluding hydrogens is 422 g/mol. The number of ether oxygens (including phenoxy) is 1. The molecule has 2 aromatic rings. The average Bonchev–Trinajstić information content (AvgIpc) is 3.35. The molecule has 1 saturated heterocycles. The van der Waals surface area contributed by atoms with Gasteiger partial charge in [-0.3, -0.25) is 24.1 Å². The number of hydrogen-bond donors (Lipinski definition) is 1. The molecule has 0 saturated carbocycles. The number of thioether (sulfide) groups is 1. The number of carbonyl (C=O) groups excluding carboxylic acids is 4. The van der Waals surface area contributed by atoms with Crippen LogP contribution in [0, 0.1) is 0 Å². The van der Waals surface area contributed by atoms with Crippen molar-refractivity contribution in [1.29, 1.82) is 0 Å². The second kappa shape index (κ2) is 9.13. The molecule has 8 nitrogen and oxygen atoms in total. The molecule has 1 N–H and O–H groups in total. The molecule has 0 bridgehead atoms. The summed E-state index contributed by atoms with van der Waals surface area (Å²) in [7, 11) is 0. The zero-order valence-electron chi connectivity index (χ0n) is 14.7. The fourth-order valence-corrected chi connectivity index (χ4v) is 4.53. The van der Waals surface area contributed by atoms with Crippen molar-refractivity contribution < 1.29 is 23.9 Å². The van der Waals surface area contributed by atoms with Crippen LogP contribution in [-0.2, 0) is 25.5 Å². The van der Waals surface area contributed by atoms with Gasteiger partial charge in [-0.1, -0.05) is 6.07 Å². The Morgan fingerprint density at radius 1 is 1.32 bits per heavy atom. The summed E-state index contributed by atoms with van der Waals surface area (Å²) in [5.74, 6) is -1.45. The molecule has 1 aliphatic rings. The molecular formula is C17H15N3O5S3. The number of nitrogens with zero attached hydrogens (tertiary/aromatic N) is 2. The first-order valence-corrected chi connectivity index (χ1v) is 10.7. The average molecular weight is 438 g/mol. The zero-order valence-corrected chi connectivity index (χ0v) is 17.1. The molecule has 11 heteroatoms. The molecule has 1 fully saturated rings. The van der Waals surface area contributed by atoms with Crippen LogP contribution in [0.2, 0.25) is 0 Å². The van der Waals surface area contributed by atoms with E-state index in [0.29, 0.717) is 5.69 Å². The molecule has 0 spiro atoms. The van der Waals surface area contributed by atoms with Gasteiger partial charge in [-0.15, -0.1) is 22.7 Å². The van der Waals surface area contributed by atoms with E-state index in [2.05, 4.69) is 10.3 Å². The second-order valence-corrected chi connectivity index (χ2v) is 8.29. The highest BCUT2D eigenvalue weighted by molar-refractivity contribution is 8.18. The number of thiophene rings is 1. The van der Waals surface area contributed by atoms with E-state index in [9.17, 15) is 19.2 Å². The molecule has 0 atom stereocenters. The molecule has 1 aliphatic heterocycles. The normalized spacial score (nSPS) is 15.3. The minimum absolute atomic E-state index is 0.0107. The van der Waals surface area contributed by atoms with Crippen LogP contribution in [0.1, 0.15) is 17.5 Å². The number of esters is 1. The number of thiazole rings is 1. The molecule has 3 rings (SSSR count). The largest absolute Gasteiger partial charge is 0.466 e. The summed E-state index contributed by atoms with van der Waals surface area (Å²) < 4.78 is 4.85. The van der Waals surface area contributed by atoms with Crippen LogP contribution < -0.4 is 5.32 Å². The maximum absolute atomic E-state index is 12.4. The number of aromatic nitrogens is 1. The lowest BCUT2D eigenvalue weighted by molar-refractivity contribution is -0.142. The van der Waals surface area contributed by atoms with Crippen LogP contribution in [0.25, 0.3) is 6.08 Å². The molecule has 146 valence electrons. The standard InChI is InChI=1S/C17H15N3O5S3/c1-2-25-14(22)6-10-9-27-16(18-10)19-13(21)8-20-15(23)12(28-17(20)24)7-11-4-3-5-26-11/h3-5,7,9H,2,6,8H2,1H3,(H,18,19,21). The van der Waals surface area contributed by atoms with Gasteiger partial charge in [-0.05, 0) is 36.2 Å². The Balaban J connectivity index is 1.57. The van der Waals surface area contributed by atoms with Gasteiger partial charge in [0.25, 0.3) is 11.1 Å². The van der Waals surface area contributed by atoms with E-state index in [4.69, 9.17) is 4.74 Å². The number of hydrogen-bond acceptors (Lipinski definition) is 9. The van der Waals surface area contributed by atoms with Crippen molar-refractivity contribution in [1.82, 2.24) is 9.88 Å². The summed E-state index contributed by atoms with van der Waals surface area (Å²) in [6, 6.07) is 3.68. The van der Waals surface area contributed by atoms with Crippen LogP contribution in [0.15, 0.2) is 27.8 Å². The van der Waals surface area contributed by atoms with Crippen molar-refractivity contribution in [3.05, 3.63) is 38.4 Å². The maximum atomic E-state index is 12.4. The lowest BCUT2D eigenvalue weighted by Crippen LogP contribution is -2.36. The number of rotatable bonds is 7. The Labute approximate surface area is 172 Å². The minimum Gasteiger partial charge on any atom is -0.466 e. The number of amides is 3. The zero-order chi connectivity index (χ0) is 20.1. The van der Waals surface area contributed by atoms with Crippen molar-refractivity contribution in [3.8, 4) is 0 Å². The summed E-state index contributed by atoms with van der Waals surface area (Å²) in [5.41, 5.74) is 0.476. The fourth-order valence-electron chi connectivity index (χ4n) is 2.25. The van der Waals surface area contributed by atoms with Crippen LogP contribution >= 0.6 is 34.4 Å². The predicted octanol–water partition coefficient (Wildman–Crippen LogP) is 2.99. The van der Waals surface area contributed by atoms with Crippen molar-refractivity contribution >= 4 is 68.7 Å². The number of carbonyl (C=O) groups is 4. The predicted molar refractivity (Wildman–Crippen MR) is 108 cm³/mol. The Morgan fingerprint density at radius 2 is 2.14 bits per heavy atom. The first-order chi connectivity index (χ1) is 13.5.